The second-order valence-electron chi connectivity index (χ2n) is 6.43. The molecule has 0 fully saturated rings. The molecule has 1 unspecified atom stereocenters. The summed E-state index contributed by atoms with van der Waals surface area (Å²) in [6.45, 7) is 3.68. The Hall–Kier alpha value is -2.78. The first kappa shape index (κ1) is 20.0. The maximum Gasteiger partial charge on any atom is 0.253 e. The summed E-state index contributed by atoms with van der Waals surface area (Å²) in [5.74, 6) is -0.375. The highest BCUT2D eigenvalue weighted by molar-refractivity contribution is 7.92. The first-order chi connectivity index (χ1) is 13.2. The van der Waals surface area contributed by atoms with Crippen molar-refractivity contribution in [2.75, 3.05) is 11.0 Å². The number of anilines is 1. The molecular formula is C19H20N4O3S2. The van der Waals surface area contributed by atoms with Crippen LogP contribution in [0.1, 0.15) is 33.9 Å². The van der Waals surface area contributed by atoms with Crippen LogP contribution < -0.4 is 10.0 Å². The Morgan fingerprint density at radius 1 is 1.25 bits per heavy atom. The molecule has 28 heavy (non-hydrogen) atoms. The summed E-state index contributed by atoms with van der Waals surface area (Å²) < 4.78 is 25.6. The van der Waals surface area contributed by atoms with Gasteiger partial charge in [0.15, 0.2) is 0 Å². The van der Waals surface area contributed by atoms with E-state index in [-0.39, 0.29) is 23.2 Å². The quantitative estimate of drug-likeness (QED) is 0.641. The summed E-state index contributed by atoms with van der Waals surface area (Å²) >= 11 is 1.44. The summed E-state index contributed by atoms with van der Waals surface area (Å²) in [6.07, 6.45) is 4.48. The molecule has 2 N–H and O–H groups in total. The highest BCUT2D eigenvalue weighted by atomic mass is 32.2. The lowest BCUT2D eigenvalue weighted by atomic mass is 10.1. The van der Waals surface area contributed by atoms with Crippen LogP contribution in [0.2, 0.25) is 0 Å². The minimum absolute atomic E-state index is 0.244. The van der Waals surface area contributed by atoms with E-state index in [2.05, 4.69) is 20.0 Å². The van der Waals surface area contributed by atoms with Crippen molar-refractivity contribution in [3.63, 3.8) is 0 Å². The van der Waals surface area contributed by atoms with Crippen LogP contribution in [0.5, 0.6) is 0 Å². The van der Waals surface area contributed by atoms with Gasteiger partial charge in [-0.3, -0.25) is 14.5 Å². The number of nitrogens with one attached hydrogen (secondary N) is 2. The van der Waals surface area contributed by atoms with Crippen LogP contribution >= 0.6 is 11.3 Å². The van der Waals surface area contributed by atoms with Crippen LogP contribution in [0.4, 0.5) is 5.69 Å². The molecule has 1 atom stereocenters. The zero-order valence-electron chi connectivity index (χ0n) is 15.6. The van der Waals surface area contributed by atoms with Crippen LogP contribution in [-0.2, 0) is 10.0 Å². The van der Waals surface area contributed by atoms with Crippen LogP contribution in [0.3, 0.4) is 0 Å². The highest BCUT2D eigenvalue weighted by Crippen LogP contribution is 2.26. The molecule has 0 saturated carbocycles. The van der Waals surface area contributed by atoms with Gasteiger partial charge in [-0.25, -0.2) is 13.4 Å². The SMILES string of the molecule is Cc1ccc(NS(C)(=O)=O)c(C(=O)NC(C)c2nc(-c3cccnc3)cs2)c1. The number of sulfonamides is 1. The largest absolute Gasteiger partial charge is 0.343 e. The summed E-state index contributed by atoms with van der Waals surface area (Å²) in [6, 6.07) is 8.40. The van der Waals surface area contributed by atoms with Crippen LogP contribution in [0.15, 0.2) is 48.1 Å². The van der Waals surface area contributed by atoms with Gasteiger partial charge in [0, 0.05) is 23.3 Å². The van der Waals surface area contributed by atoms with E-state index >= 15 is 0 Å². The number of hydrogen-bond donors (Lipinski definition) is 2. The molecule has 146 valence electrons. The van der Waals surface area contributed by atoms with Gasteiger partial charge in [0.1, 0.15) is 5.01 Å². The molecular weight excluding hydrogens is 396 g/mol. The van der Waals surface area contributed by atoms with Crippen molar-refractivity contribution < 1.29 is 13.2 Å². The first-order valence-electron chi connectivity index (χ1n) is 8.48. The number of aromatic nitrogens is 2. The minimum atomic E-state index is -3.50. The van der Waals surface area contributed by atoms with Gasteiger partial charge >= 0.3 is 0 Å². The van der Waals surface area contributed by atoms with Crippen molar-refractivity contribution in [2.24, 2.45) is 0 Å². The van der Waals surface area contributed by atoms with E-state index in [0.29, 0.717) is 0 Å². The van der Waals surface area contributed by atoms with Gasteiger partial charge < -0.3 is 5.32 Å². The number of nitrogens with zero attached hydrogens (tertiary/aromatic N) is 2. The molecule has 0 radical (unpaired) electrons. The number of benzene rings is 1. The molecule has 2 heterocycles. The third-order valence-electron chi connectivity index (χ3n) is 3.91. The van der Waals surface area contributed by atoms with Gasteiger partial charge in [-0.1, -0.05) is 11.6 Å². The fraction of sp³-hybridized carbons (Fsp3) is 0.211. The third kappa shape index (κ3) is 4.93. The lowest BCUT2D eigenvalue weighted by molar-refractivity contribution is 0.0940. The highest BCUT2D eigenvalue weighted by Gasteiger charge is 2.19. The number of pyridine rings is 1. The third-order valence-corrected chi connectivity index (χ3v) is 5.53. The van der Waals surface area contributed by atoms with Crippen molar-refractivity contribution >= 4 is 33.0 Å². The summed E-state index contributed by atoms with van der Waals surface area (Å²) in [7, 11) is -3.50. The number of carbonyl (C=O) groups is 1. The summed E-state index contributed by atoms with van der Waals surface area (Å²) in [5, 5.41) is 5.55. The average molecular weight is 417 g/mol. The van der Waals surface area contributed by atoms with Gasteiger partial charge in [0.2, 0.25) is 10.0 Å². The molecule has 7 nitrogen and oxygen atoms in total. The van der Waals surface area contributed by atoms with Crippen molar-refractivity contribution in [3.8, 4) is 11.3 Å². The molecule has 3 aromatic rings. The monoisotopic (exact) mass is 416 g/mol. The number of aryl methyl sites for hydroxylation is 1. The molecule has 1 amide bonds. The van der Waals surface area contributed by atoms with E-state index in [9.17, 15) is 13.2 Å². The molecule has 0 aliphatic rings. The molecule has 0 aliphatic heterocycles. The molecule has 0 aliphatic carbocycles. The molecule has 3 rings (SSSR count). The minimum Gasteiger partial charge on any atom is -0.343 e. The Labute approximate surface area is 167 Å². The Morgan fingerprint density at radius 3 is 2.71 bits per heavy atom. The molecule has 2 aromatic heterocycles. The number of rotatable bonds is 6. The maximum atomic E-state index is 12.8. The topological polar surface area (TPSA) is 101 Å². The van der Waals surface area contributed by atoms with Crippen LogP contribution in [0.25, 0.3) is 11.3 Å². The van der Waals surface area contributed by atoms with Crippen LogP contribution in [0, 0.1) is 6.92 Å². The Morgan fingerprint density at radius 2 is 2.04 bits per heavy atom. The Bertz CT molecular complexity index is 1100. The van der Waals surface area contributed by atoms with E-state index in [0.717, 1.165) is 28.1 Å². The van der Waals surface area contributed by atoms with Crippen molar-refractivity contribution in [1.29, 1.82) is 0 Å². The predicted octanol–water partition coefficient (Wildman–Crippen LogP) is 3.38. The van der Waals surface area contributed by atoms with Gasteiger partial charge in [0.25, 0.3) is 5.91 Å². The van der Waals surface area contributed by atoms with Gasteiger partial charge in [0.05, 0.1) is 29.2 Å². The number of amides is 1. The second kappa shape index (κ2) is 8.07. The summed E-state index contributed by atoms with van der Waals surface area (Å²) in [5.41, 5.74) is 3.06. The summed E-state index contributed by atoms with van der Waals surface area (Å²) in [4.78, 5) is 21.5. The van der Waals surface area contributed by atoms with E-state index in [4.69, 9.17) is 0 Å². The number of carbonyl (C=O) groups excluding carboxylic acids is 1. The lowest BCUT2D eigenvalue weighted by Crippen LogP contribution is -2.28. The molecule has 0 spiro atoms. The molecule has 9 heteroatoms. The van der Waals surface area contributed by atoms with Crippen LogP contribution in [-0.4, -0.2) is 30.5 Å². The van der Waals surface area contributed by atoms with E-state index in [1.54, 1.807) is 30.6 Å². The zero-order chi connectivity index (χ0) is 20.3. The number of thiazole rings is 1. The second-order valence-corrected chi connectivity index (χ2v) is 9.07. The predicted molar refractivity (Wildman–Crippen MR) is 111 cm³/mol. The fourth-order valence-corrected chi connectivity index (χ4v) is 4.02. The normalized spacial score (nSPS) is 12.4. The van der Waals surface area contributed by atoms with Crippen molar-refractivity contribution in [2.45, 2.75) is 19.9 Å². The van der Waals surface area contributed by atoms with Gasteiger partial charge in [-0.05, 0) is 38.1 Å². The standard InChI is InChI=1S/C19H20N4O3S2/c1-12-6-7-16(23-28(3,25)26)15(9-12)18(24)21-13(2)19-22-17(11-27-19)14-5-4-8-20-10-14/h4-11,13,23H,1-3H3,(H,21,24). The lowest BCUT2D eigenvalue weighted by Gasteiger charge is -2.15. The van der Waals surface area contributed by atoms with Crippen molar-refractivity contribution in [1.82, 2.24) is 15.3 Å². The molecule has 0 saturated heterocycles. The molecule has 1 aromatic carbocycles. The van der Waals surface area contributed by atoms with Crippen molar-refractivity contribution in [3.05, 3.63) is 64.2 Å². The maximum absolute atomic E-state index is 12.8. The smallest absolute Gasteiger partial charge is 0.253 e. The van der Waals surface area contributed by atoms with E-state index in [1.807, 2.05) is 31.4 Å². The fourth-order valence-electron chi connectivity index (χ4n) is 2.60. The Balaban J connectivity index is 1.80. The van der Waals surface area contributed by atoms with Gasteiger partial charge in [-0.2, -0.15) is 0 Å². The number of hydrogen-bond acceptors (Lipinski definition) is 6. The van der Waals surface area contributed by atoms with Gasteiger partial charge in [-0.15, -0.1) is 11.3 Å². The van der Waals surface area contributed by atoms with E-state index < -0.39 is 10.0 Å². The average Bonchev–Trinajstić information content (AvgIpc) is 3.13. The zero-order valence-corrected chi connectivity index (χ0v) is 17.3. The van der Waals surface area contributed by atoms with E-state index in [1.165, 1.54) is 11.3 Å². The first-order valence-corrected chi connectivity index (χ1v) is 11.2. The Kier molecular flexibility index (Phi) is 5.76. The molecule has 0 bridgehead atoms.